The summed E-state index contributed by atoms with van der Waals surface area (Å²) in [5.41, 5.74) is 4.42. The van der Waals surface area contributed by atoms with Gasteiger partial charge in [-0.2, -0.15) is 10.2 Å². The average Bonchev–Trinajstić information content (AvgIpc) is 3.39. The van der Waals surface area contributed by atoms with Crippen molar-refractivity contribution >= 4 is 34.7 Å². The van der Waals surface area contributed by atoms with Gasteiger partial charge in [0.05, 0.1) is 29.2 Å². The molecule has 1 amide bonds. The highest BCUT2D eigenvalue weighted by Crippen LogP contribution is 2.19. The largest absolute Gasteiger partial charge is 0.304 e. The molecule has 0 aliphatic rings. The van der Waals surface area contributed by atoms with E-state index in [1.54, 1.807) is 17.1 Å². The third kappa shape index (κ3) is 4.58. The van der Waals surface area contributed by atoms with E-state index in [9.17, 15) is 4.79 Å². The molecule has 0 spiro atoms. The van der Waals surface area contributed by atoms with Crippen molar-refractivity contribution in [3.05, 3.63) is 86.5 Å². The Kier molecular flexibility index (Phi) is 5.51. The van der Waals surface area contributed by atoms with Crippen molar-refractivity contribution < 1.29 is 4.79 Å². The summed E-state index contributed by atoms with van der Waals surface area (Å²) in [6, 6.07) is 12.0. The van der Waals surface area contributed by atoms with Crippen molar-refractivity contribution in [1.29, 1.82) is 0 Å². The van der Waals surface area contributed by atoms with Crippen LogP contribution in [-0.2, 0) is 13.1 Å². The summed E-state index contributed by atoms with van der Waals surface area (Å²) in [6.45, 7) is 5.31. The maximum Gasteiger partial charge on any atom is 0.266 e. The number of carbonyl (C=O) groups is 1. The molecule has 148 valence electrons. The molecule has 8 heteroatoms. The first-order valence-corrected chi connectivity index (χ1v) is 10.4. The fourth-order valence-electron chi connectivity index (χ4n) is 3.05. The Balaban J connectivity index is 1.43. The summed E-state index contributed by atoms with van der Waals surface area (Å²) in [5, 5.41) is 14.2. The molecule has 1 aromatic carbocycles. The Morgan fingerprint density at radius 3 is 2.79 bits per heavy atom. The van der Waals surface area contributed by atoms with E-state index in [2.05, 4.69) is 34.6 Å². The number of hydrogen-bond acceptors (Lipinski definition) is 4. The Morgan fingerprint density at radius 1 is 1.21 bits per heavy atom. The predicted octanol–water partition coefficient (Wildman–Crippen LogP) is 4.76. The van der Waals surface area contributed by atoms with Crippen molar-refractivity contribution in [2.24, 2.45) is 0 Å². The standard InChI is InChI=1S/C21H20ClN5OS/c1-14-5-3-4-6-17(14)11-27-15(2)7-20(25-27)24-21(28)19-8-16(13-29-19)10-26-12-18(22)9-23-26/h3-9,12-13H,10-11H2,1-2H3,(H,24,25,28). The van der Waals surface area contributed by atoms with E-state index in [0.29, 0.717) is 28.8 Å². The van der Waals surface area contributed by atoms with Crippen LogP contribution in [0.2, 0.25) is 5.02 Å². The number of nitrogens with one attached hydrogen (secondary N) is 1. The number of thiophene rings is 1. The van der Waals surface area contributed by atoms with Crippen molar-refractivity contribution in [2.45, 2.75) is 26.9 Å². The summed E-state index contributed by atoms with van der Waals surface area (Å²) in [7, 11) is 0. The molecule has 0 aliphatic heterocycles. The molecule has 29 heavy (non-hydrogen) atoms. The second-order valence-corrected chi connectivity index (χ2v) is 8.23. The summed E-state index contributed by atoms with van der Waals surface area (Å²) in [5.74, 6) is 0.384. The average molecular weight is 426 g/mol. The van der Waals surface area contributed by atoms with Gasteiger partial charge in [-0.3, -0.25) is 14.2 Å². The SMILES string of the molecule is Cc1ccccc1Cn1nc(NC(=O)c2cc(Cn3cc(Cl)cn3)cs2)cc1C. The van der Waals surface area contributed by atoms with Gasteiger partial charge in [0.1, 0.15) is 0 Å². The second kappa shape index (κ2) is 8.23. The van der Waals surface area contributed by atoms with E-state index < -0.39 is 0 Å². The molecule has 0 atom stereocenters. The van der Waals surface area contributed by atoms with Crippen molar-refractivity contribution in [3.63, 3.8) is 0 Å². The predicted molar refractivity (Wildman–Crippen MR) is 116 cm³/mol. The lowest BCUT2D eigenvalue weighted by Crippen LogP contribution is -2.12. The zero-order chi connectivity index (χ0) is 20.4. The molecule has 0 aliphatic carbocycles. The molecule has 0 fully saturated rings. The number of nitrogens with zero attached hydrogens (tertiary/aromatic N) is 4. The minimum absolute atomic E-state index is 0.166. The molecule has 3 heterocycles. The van der Waals surface area contributed by atoms with E-state index in [-0.39, 0.29) is 5.91 Å². The third-order valence-electron chi connectivity index (χ3n) is 4.63. The quantitative estimate of drug-likeness (QED) is 0.484. The Bertz CT molecular complexity index is 1160. The van der Waals surface area contributed by atoms with Crippen LogP contribution in [0.25, 0.3) is 0 Å². The fraction of sp³-hybridized carbons (Fsp3) is 0.190. The van der Waals surface area contributed by atoms with Crippen molar-refractivity contribution in [3.8, 4) is 0 Å². The zero-order valence-corrected chi connectivity index (χ0v) is 17.7. The number of carbonyl (C=O) groups excluding carboxylic acids is 1. The number of hydrogen-bond donors (Lipinski definition) is 1. The number of amides is 1. The fourth-order valence-corrected chi connectivity index (χ4v) is 4.00. The Labute approximate surface area is 177 Å². The first-order valence-electron chi connectivity index (χ1n) is 9.13. The first-order chi connectivity index (χ1) is 14.0. The number of halogens is 1. The van der Waals surface area contributed by atoms with Crippen molar-refractivity contribution in [1.82, 2.24) is 19.6 Å². The maximum atomic E-state index is 12.6. The smallest absolute Gasteiger partial charge is 0.266 e. The number of rotatable bonds is 6. The van der Waals surface area contributed by atoms with E-state index >= 15 is 0 Å². The number of aromatic nitrogens is 4. The van der Waals surface area contributed by atoms with E-state index in [4.69, 9.17) is 11.6 Å². The lowest BCUT2D eigenvalue weighted by atomic mass is 10.1. The zero-order valence-electron chi connectivity index (χ0n) is 16.1. The van der Waals surface area contributed by atoms with Gasteiger partial charge in [-0.05, 0) is 42.0 Å². The van der Waals surface area contributed by atoms with Gasteiger partial charge in [0.25, 0.3) is 5.91 Å². The van der Waals surface area contributed by atoms with Gasteiger partial charge in [0, 0.05) is 18.0 Å². The highest BCUT2D eigenvalue weighted by atomic mass is 35.5. The van der Waals surface area contributed by atoms with Gasteiger partial charge < -0.3 is 5.32 Å². The molecule has 0 radical (unpaired) electrons. The van der Waals surface area contributed by atoms with Gasteiger partial charge in [0.2, 0.25) is 0 Å². The molecule has 1 N–H and O–H groups in total. The lowest BCUT2D eigenvalue weighted by Gasteiger charge is -2.07. The van der Waals surface area contributed by atoms with Gasteiger partial charge in [-0.1, -0.05) is 35.9 Å². The van der Waals surface area contributed by atoms with E-state index in [0.717, 1.165) is 11.3 Å². The highest BCUT2D eigenvalue weighted by molar-refractivity contribution is 7.12. The van der Waals surface area contributed by atoms with Gasteiger partial charge in [-0.15, -0.1) is 11.3 Å². The van der Waals surface area contributed by atoms with Crippen LogP contribution >= 0.6 is 22.9 Å². The molecule has 0 unspecified atom stereocenters. The van der Waals surface area contributed by atoms with Crippen LogP contribution in [0.5, 0.6) is 0 Å². The van der Waals surface area contributed by atoms with Gasteiger partial charge >= 0.3 is 0 Å². The van der Waals surface area contributed by atoms with Crippen LogP contribution in [0.1, 0.15) is 32.1 Å². The van der Waals surface area contributed by atoms with Gasteiger partial charge in [0.15, 0.2) is 5.82 Å². The molecule has 4 aromatic rings. The normalized spacial score (nSPS) is 11.0. The van der Waals surface area contributed by atoms with Crippen LogP contribution in [0.4, 0.5) is 5.82 Å². The number of aryl methyl sites for hydroxylation is 2. The summed E-state index contributed by atoms with van der Waals surface area (Å²) in [6.07, 6.45) is 3.35. The molecular weight excluding hydrogens is 406 g/mol. The molecule has 0 saturated carbocycles. The van der Waals surface area contributed by atoms with E-state index in [1.165, 1.54) is 22.5 Å². The van der Waals surface area contributed by atoms with Crippen LogP contribution in [0, 0.1) is 13.8 Å². The lowest BCUT2D eigenvalue weighted by molar-refractivity contribution is 0.103. The molecule has 0 bridgehead atoms. The van der Waals surface area contributed by atoms with Crippen LogP contribution in [0.3, 0.4) is 0 Å². The molecular formula is C21H20ClN5OS. The molecule has 4 rings (SSSR count). The van der Waals surface area contributed by atoms with Crippen LogP contribution in [-0.4, -0.2) is 25.5 Å². The second-order valence-electron chi connectivity index (χ2n) is 6.88. The minimum Gasteiger partial charge on any atom is -0.304 e. The monoisotopic (exact) mass is 425 g/mol. The van der Waals surface area contributed by atoms with Gasteiger partial charge in [-0.25, -0.2) is 0 Å². The molecule has 0 saturated heterocycles. The van der Waals surface area contributed by atoms with E-state index in [1.807, 2.05) is 41.3 Å². The number of anilines is 1. The maximum absolute atomic E-state index is 12.6. The summed E-state index contributed by atoms with van der Waals surface area (Å²) < 4.78 is 3.64. The highest BCUT2D eigenvalue weighted by Gasteiger charge is 2.13. The van der Waals surface area contributed by atoms with Crippen LogP contribution in [0.15, 0.2) is 54.2 Å². The summed E-state index contributed by atoms with van der Waals surface area (Å²) in [4.78, 5) is 13.3. The topological polar surface area (TPSA) is 64.7 Å². The minimum atomic E-state index is -0.166. The van der Waals surface area contributed by atoms with Crippen LogP contribution < -0.4 is 5.32 Å². The molecule has 3 aromatic heterocycles. The molecule has 6 nitrogen and oxygen atoms in total. The first kappa shape index (κ1) is 19.4. The Hall–Kier alpha value is -2.90. The Morgan fingerprint density at radius 2 is 2.03 bits per heavy atom. The number of benzene rings is 1. The van der Waals surface area contributed by atoms with Crippen molar-refractivity contribution in [2.75, 3.05) is 5.32 Å². The summed E-state index contributed by atoms with van der Waals surface area (Å²) >= 11 is 7.29. The third-order valence-corrected chi connectivity index (χ3v) is 5.80.